The molecule has 8 heteroatoms. The maximum Gasteiger partial charge on any atom is 0.338 e. The lowest BCUT2D eigenvalue weighted by Gasteiger charge is -2.00. The summed E-state index contributed by atoms with van der Waals surface area (Å²) in [7, 11) is 0. The van der Waals surface area contributed by atoms with E-state index >= 15 is 0 Å². The van der Waals surface area contributed by atoms with Crippen LogP contribution in [0.5, 0.6) is 11.5 Å². The lowest BCUT2D eigenvalue weighted by atomic mass is 10.2. The Bertz CT molecular complexity index is 878. The number of aromatic nitrogens is 3. The molecule has 0 unspecified atom stereocenters. The van der Waals surface area contributed by atoms with Crippen LogP contribution >= 0.6 is 0 Å². The minimum atomic E-state index is -0.486. The number of hydrogen-bond acceptors (Lipinski definition) is 8. The van der Waals surface area contributed by atoms with Gasteiger partial charge in [0.15, 0.2) is 18.1 Å². The van der Waals surface area contributed by atoms with E-state index in [0.29, 0.717) is 22.9 Å². The Morgan fingerprint density at radius 2 is 1.96 bits per heavy atom. The lowest BCUT2D eigenvalue weighted by Crippen LogP contribution is -2.05. The molecular weight excluding hydrogens is 314 g/mol. The van der Waals surface area contributed by atoms with Crippen LogP contribution in [0.4, 0.5) is 0 Å². The molecule has 8 nitrogen and oxygen atoms in total. The van der Waals surface area contributed by atoms with Crippen molar-refractivity contribution in [2.24, 2.45) is 0 Å². The number of esters is 1. The number of rotatable bonds is 4. The summed E-state index contributed by atoms with van der Waals surface area (Å²) in [5.41, 5.74) is 1.12. The molecule has 24 heavy (non-hydrogen) atoms. The summed E-state index contributed by atoms with van der Waals surface area (Å²) in [6.07, 6.45) is 3.03. The average Bonchev–Trinajstić information content (AvgIpc) is 3.29. The molecule has 1 aliphatic rings. The Kier molecular flexibility index (Phi) is 3.54. The monoisotopic (exact) mass is 325 g/mol. The van der Waals surface area contributed by atoms with Crippen LogP contribution in [0.2, 0.25) is 0 Å². The van der Waals surface area contributed by atoms with Crippen LogP contribution in [0, 0.1) is 0 Å². The zero-order valence-electron chi connectivity index (χ0n) is 12.3. The molecule has 0 atom stereocenters. The number of benzene rings is 1. The van der Waals surface area contributed by atoms with Crippen LogP contribution in [0.3, 0.4) is 0 Å². The summed E-state index contributed by atoms with van der Waals surface area (Å²) in [5, 5.41) is 3.88. The maximum atomic E-state index is 11.9. The largest absolute Gasteiger partial charge is 0.454 e. The van der Waals surface area contributed by atoms with Crippen LogP contribution in [0.1, 0.15) is 16.2 Å². The zero-order chi connectivity index (χ0) is 16.4. The summed E-state index contributed by atoms with van der Waals surface area (Å²) >= 11 is 0. The van der Waals surface area contributed by atoms with Crippen molar-refractivity contribution in [2.75, 3.05) is 6.79 Å². The number of carbonyl (C=O) groups is 1. The minimum absolute atomic E-state index is 0.112. The zero-order valence-corrected chi connectivity index (χ0v) is 12.3. The van der Waals surface area contributed by atoms with Crippen molar-refractivity contribution in [2.45, 2.75) is 6.61 Å². The number of nitrogens with zero attached hydrogens (tertiary/aromatic N) is 3. The first-order valence-corrected chi connectivity index (χ1v) is 7.09. The maximum absolute atomic E-state index is 11.9. The first kappa shape index (κ1) is 14.2. The van der Waals surface area contributed by atoms with Crippen LogP contribution < -0.4 is 9.47 Å². The van der Waals surface area contributed by atoms with Crippen LogP contribution in [0.25, 0.3) is 11.4 Å². The van der Waals surface area contributed by atoms with Gasteiger partial charge < -0.3 is 18.7 Å². The fraction of sp³-hybridized carbons (Fsp3) is 0.125. The smallest absolute Gasteiger partial charge is 0.338 e. The molecule has 3 aromatic rings. The van der Waals surface area contributed by atoms with Gasteiger partial charge in [0.2, 0.25) is 12.6 Å². The van der Waals surface area contributed by atoms with E-state index in [9.17, 15) is 4.79 Å². The van der Waals surface area contributed by atoms with Crippen LogP contribution in [-0.2, 0) is 11.3 Å². The Labute approximate surface area is 136 Å². The highest BCUT2D eigenvalue weighted by molar-refractivity contribution is 5.89. The summed E-state index contributed by atoms with van der Waals surface area (Å²) in [6.45, 7) is 0.0833. The molecule has 1 aromatic carbocycles. The normalized spacial score (nSPS) is 12.2. The first-order valence-electron chi connectivity index (χ1n) is 7.09. The van der Waals surface area contributed by atoms with Crippen LogP contribution in [-0.4, -0.2) is 27.9 Å². The number of carbonyl (C=O) groups excluding carboxylic acids is 1. The molecular formula is C16H11N3O5. The molecule has 0 saturated carbocycles. The topological polar surface area (TPSA) is 96.6 Å². The summed E-state index contributed by atoms with van der Waals surface area (Å²) < 4.78 is 20.8. The average molecular weight is 325 g/mol. The van der Waals surface area contributed by atoms with E-state index < -0.39 is 5.97 Å². The summed E-state index contributed by atoms with van der Waals surface area (Å²) in [4.78, 5) is 19.9. The second-order valence-corrected chi connectivity index (χ2v) is 4.89. The van der Waals surface area contributed by atoms with Gasteiger partial charge in [-0.2, -0.15) is 4.98 Å². The SMILES string of the molecule is O=C(OCc1nc(-c2ccc3c(c2)OCO3)no1)c1ccncc1. The molecule has 4 rings (SSSR count). The number of pyridine rings is 1. The Morgan fingerprint density at radius 3 is 2.83 bits per heavy atom. The highest BCUT2D eigenvalue weighted by Gasteiger charge is 2.17. The predicted molar refractivity (Wildman–Crippen MR) is 79.2 cm³/mol. The van der Waals surface area contributed by atoms with Gasteiger partial charge in [-0.15, -0.1) is 0 Å². The van der Waals surface area contributed by atoms with Crippen molar-refractivity contribution < 1.29 is 23.5 Å². The van der Waals surface area contributed by atoms with Gasteiger partial charge in [-0.25, -0.2) is 4.79 Å². The number of fused-ring (bicyclic) bond motifs is 1. The third kappa shape index (κ3) is 2.76. The third-order valence-electron chi connectivity index (χ3n) is 3.34. The second-order valence-electron chi connectivity index (χ2n) is 4.89. The number of ether oxygens (including phenoxy) is 3. The van der Waals surface area contributed by atoms with E-state index in [0.717, 1.165) is 5.56 Å². The summed E-state index contributed by atoms with van der Waals surface area (Å²) in [5.74, 6) is 1.39. The molecule has 3 heterocycles. The van der Waals surface area contributed by atoms with Gasteiger partial charge in [-0.05, 0) is 30.3 Å². The first-order chi connectivity index (χ1) is 11.8. The van der Waals surface area contributed by atoms with Crippen molar-refractivity contribution in [3.63, 3.8) is 0 Å². The predicted octanol–water partition coefficient (Wildman–Crippen LogP) is 2.22. The van der Waals surface area contributed by atoms with Gasteiger partial charge >= 0.3 is 5.97 Å². The Hall–Kier alpha value is -3.42. The molecule has 0 saturated heterocycles. The van der Waals surface area contributed by atoms with E-state index in [1.165, 1.54) is 12.4 Å². The van der Waals surface area contributed by atoms with Gasteiger partial charge in [-0.1, -0.05) is 5.16 Å². The van der Waals surface area contributed by atoms with Gasteiger partial charge in [0.25, 0.3) is 5.89 Å². The van der Waals surface area contributed by atoms with Crippen molar-refractivity contribution in [3.05, 3.63) is 54.2 Å². The fourth-order valence-corrected chi connectivity index (χ4v) is 2.16. The van der Waals surface area contributed by atoms with Crippen molar-refractivity contribution in [1.29, 1.82) is 0 Å². The highest BCUT2D eigenvalue weighted by atomic mass is 16.7. The van der Waals surface area contributed by atoms with Gasteiger partial charge in [0.05, 0.1) is 5.56 Å². The molecule has 2 aromatic heterocycles. The van der Waals surface area contributed by atoms with E-state index in [1.54, 1.807) is 30.3 Å². The molecule has 0 aliphatic carbocycles. The third-order valence-corrected chi connectivity index (χ3v) is 3.34. The van der Waals surface area contributed by atoms with Gasteiger partial charge in [0.1, 0.15) is 0 Å². The fourth-order valence-electron chi connectivity index (χ4n) is 2.16. The Morgan fingerprint density at radius 1 is 1.12 bits per heavy atom. The standard InChI is InChI=1S/C16H11N3O5/c20-16(10-3-5-17-6-4-10)21-8-14-18-15(19-24-14)11-1-2-12-13(7-11)23-9-22-12/h1-7H,8-9H2. The lowest BCUT2D eigenvalue weighted by molar-refractivity contribution is 0.0429. The molecule has 1 aliphatic heterocycles. The molecule has 0 bridgehead atoms. The molecule has 120 valence electrons. The summed E-state index contributed by atoms with van der Waals surface area (Å²) in [6, 6.07) is 8.46. The Balaban J connectivity index is 1.44. The highest BCUT2D eigenvalue weighted by Crippen LogP contribution is 2.35. The molecule has 0 amide bonds. The van der Waals surface area contributed by atoms with Crippen molar-refractivity contribution >= 4 is 5.97 Å². The van der Waals surface area contributed by atoms with E-state index in [-0.39, 0.29) is 19.3 Å². The van der Waals surface area contributed by atoms with Crippen molar-refractivity contribution in [1.82, 2.24) is 15.1 Å². The van der Waals surface area contributed by atoms with E-state index in [4.69, 9.17) is 18.7 Å². The van der Waals surface area contributed by atoms with Crippen LogP contribution in [0.15, 0.2) is 47.2 Å². The molecule has 0 spiro atoms. The molecule has 0 N–H and O–H groups in total. The molecule has 0 fully saturated rings. The van der Waals surface area contributed by atoms with E-state index in [2.05, 4.69) is 15.1 Å². The van der Waals surface area contributed by atoms with Gasteiger partial charge in [-0.3, -0.25) is 4.98 Å². The minimum Gasteiger partial charge on any atom is -0.454 e. The van der Waals surface area contributed by atoms with Gasteiger partial charge in [0, 0.05) is 18.0 Å². The second kappa shape index (κ2) is 5.99. The van der Waals surface area contributed by atoms with E-state index in [1.807, 2.05) is 0 Å². The number of hydrogen-bond donors (Lipinski definition) is 0. The molecule has 0 radical (unpaired) electrons. The quantitative estimate of drug-likeness (QED) is 0.674. The van der Waals surface area contributed by atoms with Crippen molar-refractivity contribution in [3.8, 4) is 22.9 Å².